The lowest BCUT2D eigenvalue weighted by molar-refractivity contribution is -0.127. The molecule has 0 spiro atoms. The van der Waals surface area contributed by atoms with Gasteiger partial charge in [-0.1, -0.05) is 54.4 Å². The molecule has 0 bridgehead atoms. The first-order valence-electron chi connectivity index (χ1n) is 9.99. The zero-order chi connectivity index (χ0) is 20.1. The molecule has 150 valence electrons. The molecule has 0 unspecified atom stereocenters. The maximum atomic E-state index is 14.0. The van der Waals surface area contributed by atoms with E-state index in [1.807, 2.05) is 0 Å². The smallest absolute Gasteiger partial charge is 0.223 e. The number of halogens is 2. The summed E-state index contributed by atoms with van der Waals surface area (Å²) in [7, 11) is 0. The minimum absolute atomic E-state index is 0.0193. The molecular weight excluding hydrogens is 375 g/mol. The number of benzene rings is 2. The van der Waals surface area contributed by atoms with Gasteiger partial charge < -0.3 is 5.32 Å². The molecule has 1 heterocycles. The molecule has 1 atom stereocenters. The van der Waals surface area contributed by atoms with Crippen LogP contribution in [0.4, 0.5) is 4.39 Å². The minimum atomic E-state index is -0.267. The van der Waals surface area contributed by atoms with Gasteiger partial charge in [0.05, 0.1) is 6.04 Å². The van der Waals surface area contributed by atoms with Crippen LogP contribution in [0.2, 0.25) is 5.02 Å². The molecule has 0 saturated carbocycles. The van der Waals surface area contributed by atoms with Gasteiger partial charge in [-0.15, -0.1) is 0 Å². The highest BCUT2D eigenvalue weighted by Crippen LogP contribution is 2.24. The van der Waals surface area contributed by atoms with Gasteiger partial charge in [0.2, 0.25) is 5.91 Å². The van der Waals surface area contributed by atoms with E-state index < -0.39 is 0 Å². The van der Waals surface area contributed by atoms with Crippen molar-refractivity contribution >= 4 is 17.5 Å². The summed E-state index contributed by atoms with van der Waals surface area (Å²) in [5.74, 6) is -0.119. The standard InChI is InChI=1S/C23H28ClFN2O/c1-3-22(17-6-4-16(2)5-7-17)26-23(28)18-10-12-27(13-11-18)15-19-8-9-20(24)14-21(19)25/h4-9,14,18,22H,3,10-13,15H2,1-2H3,(H,26,28)/t22-/m1/s1. The number of hydrogen-bond donors (Lipinski definition) is 1. The maximum absolute atomic E-state index is 14.0. The van der Waals surface area contributed by atoms with Crippen molar-refractivity contribution in [2.24, 2.45) is 5.92 Å². The number of rotatable bonds is 6. The van der Waals surface area contributed by atoms with Gasteiger partial charge in [0, 0.05) is 23.0 Å². The molecule has 0 radical (unpaired) electrons. The van der Waals surface area contributed by atoms with Crippen molar-refractivity contribution in [1.82, 2.24) is 10.2 Å². The largest absolute Gasteiger partial charge is 0.349 e. The number of amides is 1. The Kier molecular flexibility index (Phi) is 7.08. The van der Waals surface area contributed by atoms with E-state index in [0.29, 0.717) is 17.1 Å². The van der Waals surface area contributed by atoms with Crippen LogP contribution in [0.3, 0.4) is 0 Å². The van der Waals surface area contributed by atoms with Gasteiger partial charge in [-0.05, 0) is 57.0 Å². The van der Waals surface area contributed by atoms with E-state index in [1.54, 1.807) is 12.1 Å². The predicted octanol–water partition coefficient (Wildman–Crippen LogP) is 5.27. The maximum Gasteiger partial charge on any atom is 0.223 e. The van der Waals surface area contributed by atoms with Crippen LogP contribution in [-0.2, 0) is 11.3 Å². The number of piperidine rings is 1. The zero-order valence-corrected chi connectivity index (χ0v) is 17.3. The fourth-order valence-corrected chi connectivity index (χ4v) is 3.91. The Morgan fingerprint density at radius 2 is 1.89 bits per heavy atom. The average molecular weight is 403 g/mol. The van der Waals surface area contributed by atoms with Crippen molar-refractivity contribution in [3.8, 4) is 0 Å². The summed E-state index contributed by atoms with van der Waals surface area (Å²) in [5, 5.41) is 3.63. The van der Waals surface area contributed by atoms with Crippen LogP contribution < -0.4 is 5.32 Å². The van der Waals surface area contributed by atoms with E-state index in [2.05, 4.69) is 48.3 Å². The van der Waals surface area contributed by atoms with E-state index in [4.69, 9.17) is 11.6 Å². The second kappa shape index (κ2) is 9.53. The lowest BCUT2D eigenvalue weighted by Crippen LogP contribution is -2.41. The molecule has 1 amide bonds. The minimum Gasteiger partial charge on any atom is -0.349 e. The van der Waals surface area contributed by atoms with Crippen LogP contribution >= 0.6 is 11.6 Å². The molecule has 3 rings (SSSR count). The first-order valence-corrected chi connectivity index (χ1v) is 10.4. The Morgan fingerprint density at radius 3 is 2.50 bits per heavy atom. The Bertz CT molecular complexity index is 801. The number of nitrogens with zero attached hydrogens (tertiary/aromatic N) is 1. The molecule has 2 aromatic rings. The highest BCUT2D eigenvalue weighted by molar-refractivity contribution is 6.30. The van der Waals surface area contributed by atoms with E-state index >= 15 is 0 Å². The van der Waals surface area contributed by atoms with Crippen molar-refractivity contribution in [1.29, 1.82) is 0 Å². The lowest BCUT2D eigenvalue weighted by Gasteiger charge is -2.32. The summed E-state index contributed by atoms with van der Waals surface area (Å²) in [4.78, 5) is 15.0. The summed E-state index contributed by atoms with van der Waals surface area (Å²) >= 11 is 5.82. The van der Waals surface area contributed by atoms with Crippen LogP contribution in [-0.4, -0.2) is 23.9 Å². The fraction of sp³-hybridized carbons (Fsp3) is 0.435. The topological polar surface area (TPSA) is 32.3 Å². The highest BCUT2D eigenvalue weighted by Gasteiger charge is 2.27. The van der Waals surface area contributed by atoms with Gasteiger partial charge in [-0.2, -0.15) is 0 Å². The van der Waals surface area contributed by atoms with Gasteiger partial charge in [-0.3, -0.25) is 9.69 Å². The third kappa shape index (κ3) is 5.33. The quantitative estimate of drug-likeness (QED) is 0.714. The molecule has 3 nitrogen and oxygen atoms in total. The Balaban J connectivity index is 1.52. The second-order valence-electron chi connectivity index (χ2n) is 7.67. The first-order chi connectivity index (χ1) is 13.5. The normalized spacial score (nSPS) is 16.7. The van der Waals surface area contributed by atoms with Crippen molar-refractivity contribution in [2.75, 3.05) is 13.1 Å². The van der Waals surface area contributed by atoms with E-state index in [0.717, 1.165) is 37.9 Å². The molecule has 1 fully saturated rings. The van der Waals surface area contributed by atoms with Gasteiger partial charge >= 0.3 is 0 Å². The monoisotopic (exact) mass is 402 g/mol. The molecule has 5 heteroatoms. The summed E-state index contributed by atoms with van der Waals surface area (Å²) < 4.78 is 14.0. The number of aryl methyl sites for hydroxylation is 1. The van der Waals surface area contributed by atoms with Crippen LogP contribution in [0.15, 0.2) is 42.5 Å². The predicted molar refractivity (Wildman–Crippen MR) is 112 cm³/mol. The van der Waals surface area contributed by atoms with Gasteiger partial charge in [0.15, 0.2) is 0 Å². The molecule has 1 aliphatic rings. The zero-order valence-electron chi connectivity index (χ0n) is 16.6. The Hall–Kier alpha value is -1.91. The van der Waals surface area contributed by atoms with E-state index in [-0.39, 0.29) is 23.7 Å². The molecular formula is C23H28ClFN2O. The molecule has 0 aromatic heterocycles. The molecule has 1 aliphatic heterocycles. The van der Waals surface area contributed by atoms with E-state index in [9.17, 15) is 9.18 Å². The highest BCUT2D eigenvalue weighted by atomic mass is 35.5. The Labute approximate surface area is 171 Å². The number of nitrogens with one attached hydrogen (secondary N) is 1. The van der Waals surface area contributed by atoms with Gasteiger partial charge in [0.25, 0.3) is 0 Å². The van der Waals surface area contributed by atoms with Gasteiger partial charge in [-0.25, -0.2) is 4.39 Å². The average Bonchev–Trinajstić information content (AvgIpc) is 2.69. The van der Waals surface area contributed by atoms with Crippen LogP contribution in [0.1, 0.15) is 48.9 Å². The summed E-state index contributed by atoms with van der Waals surface area (Å²) in [5.41, 5.74) is 3.02. The molecule has 28 heavy (non-hydrogen) atoms. The second-order valence-corrected chi connectivity index (χ2v) is 8.10. The SMILES string of the molecule is CC[C@@H](NC(=O)C1CCN(Cc2ccc(Cl)cc2F)CC1)c1ccc(C)cc1. The fourth-order valence-electron chi connectivity index (χ4n) is 3.75. The van der Waals surface area contributed by atoms with Crippen LogP contribution in [0.5, 0.6) is 0 Å². The summed E-state index contributed by atoms with van der Waals surface area (Å²) in [6, 6.07) is 13.2. The van der Waals surface area contributed by atoms with Crippen molar-refractivity contribution in [3.63, 3.8) is 0 Å². The number of carbonyl (C=O) groups excluding carboxylic acids is 1. The van der Waals surface area contributed by atoms with Crippen molar-refractivity contribution in [2.45, 2.75) is 45.7 Å². The van der Waals surface area contributed by atoms with Gasteiger partial charge in [0.1, 0.15) is 5.82 Å². The number of hydrogen-bond acceptors (Lipinski definition) is 2. The molecule has 1 N–H and O–H groups in total. The molecule has 0 aliphatic carbocycles. The Morgan fingerprint density at radius 1 is 1.21 bits per heavy atom. The first kappa shape index (κ1) is 20.8. The third-order valence-electron chi connectivity index (χ3n) is 5.57. The van der Waals surface area contributed by atoms with Crippen molar-refractivity contribution < 1.29 is 9.18 Å². The lowest BCUT2D eigenvalue weighted by atomic mass is 9.94. The van der Waals surface area contributed by atoms with E-state index in [1.165, 1.54) is 11.6 Å². The molecule has 2 aromatic carbocycles. The van der Waals surface area contributed by atoms with Crippen molar-refractivity contribution in [3.05, 3.63) is 70.0 Å². The number of likely N-dealkylation sites (tertiary alicyclic amines) is 1. The van der Waals surface area contributed by atoms with Crippen LogP contribution in [0, 0.1) is 18.7 Å². The number of carbonyl (C=O) groups is 1. The van der Waals surface area contributed by atoms with Crippen LogP contribution in [0.25, 0.3) is 0 Å². The summed E-state index contributed by atoms with van der Waals surface area (Å²) in [6.45, 7) is 6.29. The molecule has 1 saturated heterocycles. The third-order valence-corrected chi connectivity index (χ3v) is 5.81. The summed E-state index contributed by atoms with van der Waals surface area (Å²) in [6.07, 6.45) is 2.46.